The molecule has 1 amide bonds. The van der Waals surface area contributed by atoms with Crippen molar-refractivity contribution >= 4 is 29.2 Å². The van der Waals surface area contributed by atoms with E-state index < -0.39 is 5.25 Å². The summed E-state index contributed by atoms with van der Waals surface area (Å²) in [6.07, 6.45) is 2.28. The molecule has 1 atom stereocenters. The highest BCUT2D eigenvalue weighted by Crippen LogP contribution is 2.39. The number of amides is 1. The Bertz CT molecular complexity index is 1320. The van der Waals surface area contributed by atoms with Crippen LogP contribution in [-0.2, 0) is 17.6 Å². The standard InChI is InChI=1S/C27H25N5OS/c1-3-17-9-11-19(12-10-17)24-20(15-28)25(30)31-26(21(24)16-29)34-23(4-2)27(33)32-14-13-18-7-5-6-8-22(18)32/h5-12,23H,3-4,13-14H2,1-2H3,(H2,30,31). The number of nitrogen functional groups attached to an aromatic ring is 1. The fraction of sp³-hybridized carbons (Fsp3) is 0.259. The van der Waals surface area contributed by atoms with E-state index in [1.807, 2.05) is 60.4 Å². The van der Waals surface area contributed by atoms with Crippen molar-refractivity contribution in [1.29, 1.82) is 10.5 Å². The van der Waals surface area contributed by atoms with Crippen molar-refractivity contribution in [3.8, 4) is 23.3 Å². The lowest BCUT2D eigenvalue weighted by atomic mass is 9.96. The monoisotopic (exact) mass is 467 g/mol. The number of rotatable bonds is 6. The van der Waals surface area contributed by atoms with Crippen LogP contribution in [0.5, 0.6) is 0 Å². The third-order valence-corrected chi connectivity index (χ3v) is 7.46. The summed E-state index contributed by atoms with van der Waals surface area (Å²) < 4.78 is 0. The SMILES string of the molecule is CCc1ccc(-c2c(C#N)c(N)nc(SC(CC)C(=O)N3CCc4ccccc43)c2C#N)cc1. The van der Waals surface area contributed by atoms with E-state index in [-0.39, 0.29) is 22.9 Å². The average molecular weight is 468 g/mol. The molecule has 2 N–H and O–H groups in total. The van der Waals surface area contributed by atoms with Gasteiger partial charge < -0.3 is 10.6 Å². The Morgan fingerprint density at radius 3 is 2.47 bits per heavy atom. The van der Waals surface area contributed by atoms with Crippen LogP contribution in [0.2, 0.25) is 0 Å². The van der Waals surface area contributed by atoms with Gasteiger partial charge in [0.05, 0.1) is 10.8 Å². The lowest BCUT2D eigenvalue weighted by molar-refractivity contribution is -0.118. The van der Waals surface area contributed by atoms with Crippen molar-refractivity contribution < 1.29 is 4.79 Å². The molecule has 2 aromatic carbocycles. The van der Waals surface area contributed by atoms with Gasteiger partial charge in [0.25, 0.3) is 0 Å². The van der Waals surface area contributed by atoms with Gasteiger partial charge in [0.1, 0.15) is 28.5 Å². The molecule has 0 bridgehead atoms. The molecule has 0 spiro atoms. The quantitative estimate of drug-likeness (QED) is 0.506. The van der Waals surface area contributed by atoms with Crippen LogP contribution in [0.15, 0.2) is 53.6 Å². The molecule has 0 radical (unpaired) electrons. The predicted octanol–water partition coefficient (Wildman–Crippen LogP) is 5.10. The van der Waals surface area contributed by atoms with Crippen molar-refractivity contribution in [2.45, 2.75) is 43.4 Å². The number of anilines is 2. The maximum atomic E-state index is 13.5. The molecule has 0 aliphatic carbocycles. The van der Waals surface area contributed by atoms with Gasteiger partial charge in [-0.05, 0) is 42.0 Å². The number of pyridine rings is 1. The summed E-state index contributed by atoms with van der Waals surface area (Å²) in [5.41, 5.74) is 11.1. The van der Waals surface area contributed by atoms with Crippen molar-refractivity contribution in [3.05, 3.63) is 70.8 Å². The van der Waals surface area contributed by atoms with Crippen LogP contribution < -0.4 is 10.6 Å². The average Bonchev–Trinajstić information content (AvgIpc) is 3.30. The van der Waals surface area contributed by atoms with Gasteiger partial charge in [0.2, 0.25) is 5.91 Å². The molecule has 0 saturated carbocycles. The molecule has 1 aliphatic rings. The molecular weight excluding hydrogens is 442 g/mol. The van der Waals surface area contributed by atoms with Crippen LogP contribution in [0.3, 0.4) is 0 Å². The third-order valence-electron chi connectivity index (χ3n) is 6.12. The van der Waals surface area contributed by atoms with E-state index in [2.05, 4.69) is 24.0 Å². The number of aromatic nitrogens is 1. The van der Waals surface area contributed by atoms with Crippen LogP contribution in [0.4, 0.5) is 11.5 Å². The Labute approximate surface area is 204 Å². The van der Waals surface area contributed by atoms with E-state index >= 15 is 0 Å². The molecule has 2 heterocycles. The molecule has 3 aromatic rings. The Morgan fingerprint density at radius 1 is 1.12 bits per heavy atom. The largest absolute Gasteiger partial charge is 0.383 e. The van der Waals surface area contributed by atoms with Crippen LogP contribution in [0.1, 0.15) is 42.5 Å². The Hall–Kier alpha value is -3.81. The first-order valence-electron chi connectivity index (χ1n) is 11.3. The summed E-state index contributed by atoms with van der Waals surface area (Å²) in [5, 5.41) is 19.8. The molecule has 1 unspecified atom stereocenters. The summed E-state index contributed by atoms with van der Waals surface area (Å²) in [4.78, 5) is 19.7. The number of aryl methyl sites for hydroxylation is 1. The number of hydrogen-bond acceptors (Lipinski definition) is 6. The molecule has 7 heteroatoms. The van der Waals surface area contributed by atoms with Crippen molar-refractivity contribution in [2.75, 3.05) is 17.2 Å². The van der Waals surface area contributed by atoms with Gasteiger partial charge in [-0.2, -0.15) is 10.5 Å². The number of fused-ring (bicyclic) bond motifs is 1. The summed E-state index contributed by atoms with van der Waals surface area (Å²) in [7, 11) is 0. The normalized spacial score (nSPS) is 13.1. The number of para-hydroxylation sites is 1. The summed E-state index contributed by atoms with van der Waals surface area (Å²) >= 11 is 1.25. The lowest BCUT2D eigenvalue weighted by Crippen LogP contribution is -2.36. The highest BCUT2D eigenvalue weighted by Gasteiger charge is 2.31. The topological polar surface area (TPSA) is 107 Å². The van der Waals surface area contributed by atoms with Crippen LogP contribution in [0.25, 0.3) is 11.1 Å². The van der Waals surface area contributed by atoms with E-state index in [1.165, 1.54) is 11.8 Å². The summed E-state index contributed by atoms with van der Waals surface area (Å²) in [6.45, 7) is 4.65. The molecule has 6 nitrogen and oxygen atoms in total. The number of carbonyl (C=O) groups is 1. The summed E-state index contributed by atoms with van der Waals surface area (Å²) in [5.74, 6) is 0.0484. The number of nitrogens with zero attached hydrogens (tertiary/aromatic N) is 4. The number of nitrogens with two attached hydrogens (primary N) is 1. The summed E-state index contributed by atoms with van der Waals surface area (Å²) in [6, 6.07) is 20.0. The lowest BCUT2D eigenvalue weighted by Gasteiger charge is -2.23. The zero-order valence-electron chi connectivity index (χ0n) is 19.2. The van der Waals surface area contributed by atoms with Gasteiger partial charge in [0, 0.05) is 17.8 Å². The maximum Gasteiger partial charge on any atom is 0.240 e. The van der Waals surface area contributed by atoms with E-state index in [4.69, 9.17) is 5.73 Å². The zero-order valence-corrected chi connectivity index (χ0v) is 20.0. The second kappa shape index (κ2) is 9.99. The van der Waals surface area contributed by atoms with Crippen LogP contribution in [0, 0.1) is 22.7 Å². The number of benzene rings is 2. The Morgan fingerprint density at radius 2 is 1.82 bits per heavy atom. The second-order valence-corrected chi connectivity index (χ2v) is 9.28. The molecule has 170 valence electrons. The van der Waals surface area contributed by atoms with Crippen LogP contribution >= 0.6 is 11.8 Å². The number of thioether (sulfide) groups is 1. The van der Waals surface area contributed by atoms with Crippen molar-refractivity contribution in [2.24, 2.45) is 0 Å². The van der Waals surface area contributed by atoms with Gasteiger partial charge in [0.15, 0.2) is 0 Å². The predicted molar refractivity (Wildman–Crippen MR) is 135 cm³/mol. The first kappa shape index (κ1) is 23.4. The van der Waals surface area contributed by atoms with E-state index in [0.717, 1.165) is 35.2 Å². The molecule has 0 fully saturated rings. The fourth-order valence-corrected chi connectivity index (χ4v) is 5.34. The minimum absolute atomic E-state index is 0.0140. The minimum atomic E-state index is -0.437. The molecule has 1 aromatic heterocycles. The van der Waals surface area contributed by atoms with Gasteiger partial charge in [-0.15, -0.1) is 0 Å². The third kappa shape index (κ3) is 4.23. The van der Waals surface area contributed by atoms with Crippen LogP contribution in [-0.4, -0.2) is 22.7 Å². The first-order valence-corrected chi connectivity index (χ1v) is 12.2. The van der Waals surface area contributed by atoms with E-state index in [9.17, 15) is 15.3 Å². The molecule has 34 heavy (non-hydrogen) atoms. The van der Waals surface area contributed by atoms with Gasteiger partial charge in [-0.3, -0.25) is 4.79 Å². The highest BCUT2D eigenvalue weighted by molar-refractivity contribution is 8.00. The van der Waals surface area contributed by atoms with Gasteiger partial charge in [-0.25, -0.2) is 4.98 Å². The molecule has 0 saturated heterocycles. The van der Waals surface area contributed by atoms with Gasteiger partial charge in [-0.1, -0.05) is 68.1 Å². The smallest absolute Gasteiger partial charge is 0.240 e. The minimum Gasteiger partial charge on any atom is -0.383 e. The Kier molecular flexibility index (Phi) is 6.86. The highest BCUT2D eigenvalue weighted by atomic mass is 32.2. The molecular formula is C27H25N5OS. The second-order valence-electron chi connectivity index (χ2n) is 8.08. The van der Waals surface area contributed by atoms with Crippen molar-refractivity contribution in [1.82, 2.24) is 4.98 Å². The Balaban J connectivity index is 1.74. The number of carbonyl (C=O) groups excluding carboxylic acids is 1. The molecule has 1 aliphatic heterocycles. The van der Waals surface area contributed by atoms with E-state index in [0.29, 0.717) is 23.6 Å². The first-order chi connectivity index (χ1) is 16.5. The maximum absolute atomic E-state index is 13.5. The molecule has 4 rings (SSSR count). The number of hydrogen-bond donors (Lipinski definition) is 1. The number of nitriles is 2. The zero-order chi connectivity index (χ0) is 24.2. The fourth-order valence-electron chi connectivity index (χ4n) is 4.26. The van der Waals surface area contributed by atoms with Crippen molar-refractivity contribution in [3.63, 3.8) is 0 Å². The van der Waals surface area contributed by atoms with E-state index in [1.54, 1.807) is 0 Å². The van der Waals surface area contributed by atoms with Gasteiger partial charge >= 0.3 is 0 Å².